The molecule has 212 valence electrons. The predicted octanol–water partition coefficient (Wildman–Crippen LogP) is 5.96. The average Bonchev–Trinajstić information content (AvgIpc) is 3.62. The molecule has 0 unspecified atom stereocenters. The lowest BCUT2D eigenvalue weighted by molar-refractivity contribution is -0.122. The Kier molecular flexibility index (Phi) is 7.79. The van der Waals surface area contributed by atoms with Gasteiger partial charge in [0, 0.05) is 29.9 Å². The summed E-state index contributed by atoms with van der Waals surface area (Å²) in [4.78, 5) is 33.3. The number of aromatic amines is 1. The molecule has 1 aromatic heterocycles. The maximum Gasteiger partial charge on any atom is 0.258 e. The zero-order valence-electron chi connectivity index (χ0n) is 23.7. The highest BCUT2D eigenvalue weighted by Crippen LogP contribution is 2.33. The van der Waals surface area contributed by atoms with E-state index in [1.54, 1.807) is 0 Å². The van der Waals surface area contributed by atoms with Crippen molar-refractivity contribution in [2.45, 2.75) is 57.5 Å². The number of likely N-dealkylation sites (tertiary alicyclic amines) is 1. The van der Waals surface area contributed by atoms with Crippen molar-refractivity contribution in [1.82, 2.24) is 9.88 Å². The van der Waals surface area contributed by atoms with E-state index in [0.29, 0.717) is 18.2 Å². The van der Waals surface area contributed by atoms with Gasteiger partial charge in [-0.3, -0.25) is 14.5 Å². The van der Waals surface area contributed by atoms with Crippen LogP contribution in [0.25, 0.3) is 22.0 Å². The standard InChI is InChI=1S/C34H39N5O2/c1-23-16-20-39(31-9-3-2-8-30(31)37-23)34(41)27-11-13-28(25-12-14-29-26(21-25)15-17-36-29)24(22-27)7-4-5-18-38-19-6-10-32(38)33(35)40/h2-3,8-9,11-15,17,21-23,32,36-37H,4-7,10,16,18-20H2,1H3,(H2,35,40)/t23-,32-/m0/s1. The van der Waals surface area contributed by atoms with Gasteiger partial charge in [-0.25, -0.2) is 0 Å². The van der Waals surface area contributed by atoms with E-state index in [2.05, 4.69) is 58.5 Å². The fourth-order valence-corrected chi connectivity index (χ4v) is 6.46. The number of hydrogen-bond acceptors (Lipinski definition) is 4. The van der Waals surface area contributed by atoms with Crippen LogP contribution in [-0.2, 0) is 11.2 Å². The number of nitrogens with two attached hydrogens (primary N) is 1. The third kappa shape index (κ3) is 5.72. The van der Waals surface area contributed by atoms with Gasteiger partial charge in [0.1, 0.15) is 0 Å². The number of nitrogens with one attached hydrogen (secondary N) is 2. The van der Waals surface area contributed by atoms with Crippen LogP contribution in [0.5, 0.6) is 0 Å². The number of carbonyl (C=O) groups excluding carboxylic acids is 2. The average molecular weight is 550 g/mol. The predicted molar refractivity (Wildman–Crippen MR) is 166 cm³/mol. The Morgan fingerprint density at radius 2 is 1.85 bits per heavy atom. The minimum Gasteiger partial charge on any atom is -0.381 e. The molecule has 3 heterocycles. The van der Waals surface area contributed by atoms with Crippen LogP contribution in [0.4, 0.5) is 11.4 Å². The van der Waals surface area contributed by atoms with E-state index in [-0.39, 0.29) is 17.9 Å². The normalized spacial score (nSPS) is 19.1. The van der Waals surface area contributed by atoms with Gasteiger partial charge in [0.05, 0.1) is 17.4 Å². The van der Waals surface area contributed by atoms with Gasteiger partial charge in [-0.05, 0) is 123 Å². The van der Waals surface area contributed by atoms with Crippen LogP contribution in [0.3, 0.4) is 0 Å². The van der Waals surface area contributed by atoms with E-state index in [1.165, 1.54) is 10.9 Å². The van der Waals surface area contributed by atoms with Crippen molar-refractivity contribution in [3.63, 3.8) is 0 Å². The number of amides is 2. The Labute approximate surface area is 241 Å². The molecule has 41 heavy (non-hydrogen) atoms. The fraction of sp³-hybridized carbons (Fsp3) is 0.353. The Balaban J connectivity index is 1.27. The Morgan fingerprint density at radius 3 is 2.73 bits per heavy atom. The van der Waals surface area contributed by atoms with Crippen LogP contribution in [0.2, 0.25) is 0 Å². The number of unbranched alkanes of at least 4 members (excludes halogenated alkanes) is 1. The molecule has 2 aliphatic rings. The van der Waals surface area contributed by atoms with Gasteiger partial charge in [-0.15, -0.1) is 0 Å². The molecule has 2 amide bonds. The molecule has 7 nitrogen and oxygen atoms in total. The van der Waals surface area contributed by atoms with Crippen LogP contribution in [0.1, 0.15) is 54.9 Å². The third-order valence-corrected chi connectivity index (χ3v) is 8.68. The maximum atomic E-state index is 14.0. The molecule has 1 saturated heterocycles. The van der Waals surface area contributed by atoms with E-state index >= 15 is 0 Å². The second-order valence-electron chi connectivity index (χ2n) is 11.5. The number of fused-ring (bicyclic) bond motifs is 2. The second-order valence-corrected chi connectivity index (χ2v) is 11.5. The minimum atomic E-state index is -0.212. The molecule has 2 atom stereocenters. The summed E-state index contributed by atoms with van der Waals surface area (Å²) in [5.41, 5.74) is 12.9. The lowest BCUT2D eigenvalue weighted by atomic mass is 9.93. The number of para-hydroxylation sites is 2. The molecule has 0 aliphatic carbocycles. The highest BCUT2D eigenvalue weighted by molar-refractivity contribution is 6.08. The molecule has 7 heteroatoms. The van der Waals surface area contributed by atoms with Crippen molar-refractivity contribution in [2.75, 3.05) is 29.9 Å². The van der Waals surface area contributed by atoms with Gasteiger partial charge in [0.15, 0.2) is 0 Å². The number of primary amides is 1. The third-order valence-electron chi connectivity index (χ3n) is 8.68. The van der Waals surface area contributed by atoms with Crippen molar-refractivity contribution in [3.05, 3.63) is 84.1 Å². The molecule has 4 N–H and O–H groups in total. The summed E-state index contributed by atoms with van der Waals surface area (Å²) in [6, 6.07) is 23.0. The molecule has 2 aliphatic heterocycles. The highest BCUT2D eigenvalue weighted by Gasteiger charge is 2.28. The molecular weight excluding hydrogens is 510 g/mol. The number of benzene rings is 3. The van der Waals surface area contributed by atoms with Crippen LogP contribution in [-0.4, -0.2) is 53.4 Å². The minimum absolute atomic E-state index is 0.0311. The number of H-pyrrole nitrogens is 1. The number of rotatable bonds is 8. The van der Waals surface area contributed by atoms with Crippen LogP contribution in [0, 0.1) is 0 Å². The van der Waals surface area contributed by atoms with Gasteiger partial charge >= 0.3 is 0 Å². The molecule has 6 rings (SSSR count). The van der Waals surface area contributed by atoms with E-state index in [9.17, 15) is 9.59 Å². The number of nitrogens with zero attached hydrogens (tertiary/aromatic N) is 2. The Hall–Kier alpha value is -4.10. The maximum absolute atomic E-state index is 14.0. The largest absolute Gasteiger partial charge is 0.381 e. The molecule has 0 radical (unpaired) electrons. The summed E-state index contributed by atoms with van der Waals surface area (Å²) in [5.74, 6) is -0.181. The first-order valence-corrected chi connectivity index (χ1v) is 14.9. The van der Waals surface area contributed by atoms with Gasteiger partial charge in [-0.2, -0.15) is 0 Å². The molecule has 0 bridgehead atoms. The lowest BCUT2D eigenvalue weighted by Crippen LogP contribution is -2.40. The van der Waals surface area contributed by atoms with Crippen LogP contribution >= 0.6 is 0 Å². The van der Waals surface area contributed by atoms with Crippen molar-refractivity contribution in [3.8, 4) is 11.1 Å². The Morgan fingerprint density at radius 1 is 0.976 bits per heavy atom. The van der Waals surface area contributed by atoms with E-state index in [4.69, 9.17) is 5.73 Å². The summed E-state index contributed by atoms with van der Waals surface area (Å²) in [5, 5.41) is 4.72. The molecular formula is C34H39N5O2. The molecule has 1 fully saturated rings. The smallest absolute Gasteiger partial charge is 0.258 e. The first-order valence-electron chi connectivity index (χ1n) is 14.9. The number of aromatic nitrogens is 1. The lowest BCUT2D eigenvalue weighted by Gasteiger charge is -2.23. The van der Waals surface area contributed by atoms with Gasteiger partial charge in [0.2, 0.25) is 5.91 Å². The summed E-state index contributed by atoms with van der Waals surface area (Å²) < 4.78 is 0. The van der Waals surface area contributed by atoms with E-state index in [0.717, 1.165) is 79.6 Å². The van der Waals surface area contributed by atoms with E-state index < -0.39 is 0 Å². The number of anilines is 2. The fourth-order valence-electron chi connectivity index (χ4n) is 6.46. The quantitative estimate of drug-likeness (QED) is 0.237. The van der Waals surface area contributed by atoms with Crippen LogP contribution in [0.15, 0.2) is 72.9 Å². The molecule has 3 aromatic carbocycles. The van der Waals surface area contributed by atoms with Crippen LogP contribution < -0.4 is 16.0 Å². The summed E-state index contributed by atoms with van der Waals surface area (Å²) in [6.07, 6.45) is 7.52. The monoisotopic (exact) mass is 549 g/mol. The van der Waals surface area contributed by atoms with Crippen molar-refractivity contribution < 1.29 is 9.59 Å². The topological polar surface area (TPSA) is 94.5 Å². The highest BCUT2D eigenvalue weighted by atomic mass is 16.2. The van der Waals surface area contributed by atoms with Gasteiger partial charge < -0.3 is 20.9 Å². The number of aryl methyl sites for hydroxylation is 1. The van der Waals surface area contributed by atoms with Crippen molar-refractivity contribution in [1.29, 1.82) is 0 Å². The summed E-state index contributed by atoms with van der Waals surface area (Å²) in [6.45, 7) is 4.63. The molecule has 4 aromatic rings. The first kappa shape index (κ1) is 27.1. The van der Waals surface area contributed by atoms with E-state index in [1.807, 2.05) is 41.4 Å². The Bertz CT molecular complexity index is 1560. The zero-order valence-corrected chi connectivity index (χ0v) is 23.7. The summed E-state index contributed by atoms with van der Waals surface area (Å²) in [7, 11) is 0. The second kappa shape index (κ2) is 11.8. The van der Waals surface area contributed by atoms with Gasteiger partial charge in [0.25, 0.3) is 5.91 Å². The SMILES string of the molecule is C[C@H]1CCN(C(=O)c2ccc(-c3ccc4[nH]ccc4c3)c(CCCCN3CCC[C@H]3C(N)=O)c2)c2ccccc2N1. The van der Waals surface area contributed by atoms with Crippen molar-refractivity contribution >= 4 is 34.1 Å². The first-order chi connectivity index (χ1) is 20.0. The zero-order chi connectivity index (χ0) is 28.3. The van der Waals surface area contributed by atoms with Gasteiger partial charge in [-0.1, -0.05) is 24.3 Å². The molecule has 0 spiro atoms. The number of hydrogen-bond donors (Lipinski definition) is 3. The summed E-state index contributed by atoms with van der Waals surface area (Å²) >= 11 is 0. The molecule has 0 saturated carbocycles. The number of carbonyl (C=O) groups is 2. The van der Waals surface area contributed by atoms with Crippen molar-refractivity contribution in [2.24, 2.45) is 5.73 Å².